The summed E-state index contributed by atoms with van der Waals surface area (Å²) >= 11 is 0. The molecule has 27 heavy (non-hydrogen) atoms. The maximum Gasteiger partial charge on any atom is 0.258 e. The van der Waals surface area contributed by atoms with Gasteiger partial charge < -0.3 is 4.90 Å². The predicted octanol–water partition coefficient (Wildman–Crippen LogP) is 3.84. The first kappa shape index (κ1) is 19.6. The number of hydrogen-bond donors (Lipinski definition) is 0. The van der Waals surface area contributed by atoms with Crippen LogP contribution in [0, 0.1) is 6.92 Å². The van der Waals surface area contributed by atoms with Gasteiger partial charge in [0.05, 0.1) is 4.90 Å². The smallest absolute Gasteiger partial charge is 0.258 e. The van der Waals surface area contributed by atoms with Crippen molar-refractivity contribution in [2.45, 2.75) is 38.0 Å². The van der Waals surface area contributed by atoms with E-state index in [2.05, 4.69) is 0 Å². The number of anilines is 1. The lowest BCUT2D eigenvalue weighted by molar-refractivity contribution is 0.0988. The normalized spacial score (nSPS) is 15.5. The fraction of sp³-hybridized carbons (Fsp3) is 0.381. The quantitative estimate of drug-likeness (QED) is 0.785. The molecule has 0 saturated carbocycles. The van der Waals surface area contributed by atoms with Crippen LogP contribution >= 0.6 is 0 Å². The van der Waals surface area contributed by atoms with Crippen LogP contribution < -0.4 is 4.90 Å². The van der Waals surface area contributed by atoms with Gasteiger partial charge >= 0.3 is 0 Å². The van der Waals surface area contributed by atoms with E-state index in [1.54, 1.807) is 33.5 Å². The van der Waals surface area contributed by atoms with E-state index in [9.17, 15) is 13.2 Å². The molecule has 0 aromatic heterocycles. The number of aryl methyl sites for hydroxylation is 1. The number of carbonyl (C=O) groups excluding carboxylic acids is 1. The number of piperidine rings is 1. The minimum Gasteiger partial charge on any atom is -0.309 e. The molecule has 0 atom stereocenters. The Bertz CT molecular complexity index is 901. The average molecular weight is 387 g/mol. The van der Waals surface area contributed by atoms with Crippen molar-refractivity contribution in [2.24, 2.45) is 0 Å². The van der Waals surface area contributed by atoms with E-state index >= 15 is 0 Å². The molecule has 0 unspecified atom stereocenters. The number of carbonyl (C=O) groups is 1. The Hall–Kier alpha value is -2.18. The number of sulfonamides is 1. The zero-order valence-corrected chi connectivity index (χ0v) is 16.7. The Morgan fingerprint density at radius 1 is 1.04 bits per heavy atom. The van der Waals surface area contributed by atoms with Crippen molar-refractivity contribution in [1.82, 2.24) is 4.31 Å². The highest BCUT2D eigenvalue weighted by Gasteiger charge is 2.26. The summed E-state index contributed by atoms with van der Waals surface area (Å²) in [6.07, 6.45) is 2.88. The summed E-state index contributed by atoms with van der Waals surface area (Å²) in [5, 5.41) is 0. The SMILES string of the molecule is CCN(C(=O)c1ccc(S(=O)(=O)N2CCCCC2)cc1)c1cccc(C)c1. The maximum atomic E-state index is 12.9. The highest BCUT2D eigenvalue weighted by molar-refractivity contribution is 7.89. The third-order valence-electron chi connectivity index (χ3n) is 4.93. The Kier molecular flexibility index (Phi) is 5.97. The average Bonchev–Trinajstić information content (AvgIpc) is 2.69. The lowest BCUT2D eigenvalue weighted by Crippen LogP contribution is -2.35. The summed E-state index contributed by atoms with van der Waals surface area (Å²) in [6, 6.07) is 14.1. The van der Waals surface area contributed by atoms with Crippen LogP contribution in [0.3, 0.4) is 0 Å². The van der Waals surface area contributed by atoms with Gasteiger partial charge in [0.1, 0.15) is 0 Å². The molecule has 144 valence electrons. The standard InChI is InChI=1S/C21H26N2O3S/c1-3-23(19-9-7-8-17(2)16-19)21(24)18-10-12-20(13-11-18)27(25,26)22-14-5-4-6-15-22/h7-13,16H,3-6,14-15H2,1-2H3. The minimum atomic E-state index is -3.48. The molecule has 1 heterocycles. The summed E-state index contributed by atoms with van der Waals surface area (Å²) in [6.45, 7) is 5.59. The van der Waals surface area contributed by atoms with Gasteiger partial charge in [-0.3, -0.25) is 4.79 Å². The fourth-order valence-electron chi connectivity index (χ4n) is 3.42. The van der Waals surface area contributed by atoms with E-state index in [1.165, 1.54) is 0 Å². The van der Waals surface area contributed by atoms with Crippen molar-refractivity contribution in [3.63, 3.8) is 0 Å². The van der Waals surface area contributed by atoms with E-state index < -0.39 is 10.0 Å². The van der Waals surface area contributed by atoms with Gasteiger partial charge in [-0.25, -0.2) is 8.42 Å². The number of hydrogen-bond acceptors (Lipinski definition) is 3. The molecule has 1 aliphatic heterocycles. The first-order valence-electron chi connectivity index (χ1n) is 9.42. The van der Waals surface area contributed by atoms with Crippen LogP contribution in [0.5, 0.6) is 0 Å². The summed E-state index contributed by atoms with van der Waals surface area (Å²) in [5.74, 6) is -0.134. The summed E-state index contributed by atoms with van der Waals surface area (Å²) in [7, 11) is -3.48. The lowest BCUT2D eigenvalue weighted by Gasteiger charge is -2.26. The topological polar surface area (TPSA) is 57.7 Å². The second kappa shape index (κ2) is 8.23. The maximum absolute atomic E-state index is 12.9. The Balaban J connectivity index is 1.82. The minimum absolute atomic E-state index is 0.134. The van der Waals surface area contributed by atoms with Gasteiger partial charge in [-0.15, -0.1) is 0 Å². The zero-order valence-electron chi connectivity index (χ0n) is 15.9. The van der Waals surface area contributed by atoms with Crippen molar-refractivity contribution in [2.75, 3.05) is 24.5 Å². The van der Waals surface area contributed by atoms with E-state index in [0.717, 1.165) is 30.5 Å². The molecule has 0 spiro atoms. The van der Waals surface area contributed by atoms with Gasteiger partial charge in [-0.05, 0) is 68.7 Å². The highest BCUT2D eigenvalue weighted by atomic mass is 32.2. The Morgan fingerprint density at radius 3 is 2.30 bits per heavy atom. The summed E-state index contributed by atoms with van der Waals surface area (Å²) in [4.78, 5) is 14.9. The molecule has 6 heteroatoms. The molecule has 2 aromatic carbocycles. The van der Waals surface area contributed by atoms with Gasteiger partial charge in [-0.1, -0.05) is 18.6 Å². The Morgan fingerprint density at radius 2 is 1.70 bits per heavy atom. The molecular formula is C21H26N2O3S. The zero-order chi connectivity index (χ0) is 19.4. The van der Waals surface area contributed by atoms with Crippen molar-refractivity contribution in [1.29, 1.82) is 0 Å². The molecular weight excluding hydrogens is 360 g/mol. The monoisotopic (exact) mass is 386 g/mol. The van der Waals surface area contributed by atoms with Crippen LogP contribution in [0.4, 0.5) is 5.69 Å². The van der Waals surface area contributed by atoms with Crippen LogP contribution in [0.25, 0.3) is 0 Å². The van der Waals surface area contributed by atoms with E-state index in [4.69, 9.17) is 0 Å². The molecule has 2 aromatic rings. The molecule has 1 fully saturated rings. The lowest BCUT2D eigenvalue weighted by atomic mass is 10.1. The second-order valence-electron chi connectivity index (χ2n) is 6.88. The van der Waals surface area contributed by atoms with Crippen LogP contribution in [-0.4, -0.2) is 38.3 Å². The number of benzene rings is 2. The third kappa shape index (κ3) is 4.22. The third-order valence-corrected chi connectivity index (χ3v) is 6.84. The van der Waals surface area contributed by atoms with Crippen LogP contribution in [0.2, 0.25) is 0 Å². The molecule has 0 bridgehead atoms. The van der Waals surface area contributed by atoms with Crippen LogP contribution in [0.1, 0.15) is 42.1 Å². The first-order valence-corrected chi connectivity index (χ1v) is 10.9. The molecule has 0 N–H and O–H groups in total. The van der Waals surface area contributed by atoms with Gasteiger partial charge in [-0.2, -0.15) is 4.31 Å². The largest absolute Gasteiger partial charge is 0.309 e. The van der Waals surface area contributed by atoms with Gasteiger partial charge in [0.2, 0.25) is 10.0 Å². The van der Waals surface area contributed by atoms with Gasteiger partial charge in [0.25, 0.3) is 5.91 Å². The molecule has 1 amide bonds. The van der Waals surface area contributed by atoms with E-state index in [-0.39, 0.29) is 10.8 Å². The first-order chi connectivity index (χ1) is 12.9. The second-order valence-corrected chi connectivity index (χ2v) is 8.82. The summed E-state index contributed by atoms with van der Waals surface area (Å²) in [5.41, 5.74) is 2.41. The molecule has 0 aliphatic carbocycles. The van der Waals surface area contributed by atoms with Crippen molar-refractivity contribution >= 4 is 21.6 Å². The Labute approximate surface area is 161 Å². The number of nitrogens with zero attached hydrogens (tertiary/aromatic N) is 2. The molecule has 0 radical (unpaired) electrons. The van der Waals surface area contributed by atoms with Gasteiger partial charge in [0, 0.05) is 30.9 Å². The molecule has 1 aliphatic rings. The molecule has 1 saturated heterocycles. The number of amides is 1. The van der Waals surface area contributed by atoms with Crippen molar-refractivity contribution in [3.05, 3.63) is 59.7 Å². The summed E-state index contributed by atoms with van der Waals surface area (Å²) < 4.78 is 27.0. The van der Waals surface area contributed by atoms with Gasteiger partial charge in [0.15, 0.2) is 0 Å². The highest BCUT2D eigenvalue weighted by Crippen LogP contribution is 2.23. The van der Waals surface area contributed by atoms with Crippen molar-refractivity contribution in [3.8, 4) is 0 Å². The van der Waals surface area contributed by atoms with E-state index in [0.29, 0.717) is 25.2 Å². The van der Waals surface area contributed by atoms with Crippen LogP contribution in [-0.2, 0) is 10.0 Å². The fourth-order valence-corrected chi connectivity index (χ4v) is 4.94. The number of rotatable bonds is 5. The van der Waals surface area contributed by atoms with Crippen molar-refractivity contribution < 1.29 is 13.2 Å². The molecule has 5 nitrogen and oxygen atoms in total. The molecule has 3 rings (SSSR count). The predicted molar refractivity (Wildman–Crippen MR) is 108 cm³/mol. The van der Waals surface area contributed by atoms with E-state index in [1.807, 2.05) is 38.1 Å². The van der Waals surface area contributed by atoms with Crippen LogP contribution in [0.15, 0.2) is 53.4 Å².